The molecule has 0 spiro atoms. The standard InChI is InChI=1S/C26H48N4O3/c1-33-23-13-9-18(10-14-23)21-15-28-26(29-16-21)30-22-11-7-20(8-12-22)25(32)27-17-24(31)19-5-3-2-4-6-19/h18-24,26,28-31H,2-17H2,1H3,(H,27,32). The molecule has 1 saturated heterocycles. The lowest BCUT2D eigenvalue weighted by Crippen LogP contribution is -2.63. The van der Waals surface area contributed by atoms with Crippen molar-refractivity contribution in [1.82, 2.24) is 21.3 Å². The van der Waals surface area contributed by atoms with Crippen LogP contribution < -0.4 is 21.3 Å². The monoisotopic (exact) mass is 464 g/mol. The van der Waals surface area contributed by atoms with Gasteiger partial charge in [-0.25, -0.2) is 0 Å². The highest BCUT2D eigenvalue weighted by Crippen LogP contribution is 2.32. The van der Waals surface area contributed by atoms with Crippen LogP contribution in [-0.2, 0) is 9.53 Å². The van der Waals surface area contributed by atoms with Crippen LogP contribution in [0.2, 0.25) is 0 Å². The summed E-state index contributed by atoms with van der Waals surface area (Å²) in [7, 11) is 1.84. The second kappa shape index (κ2) is 12.8. The summed E-state index contributed by atoms with van der Waals surface area (Å²) in [6.45, 7) is 2.58. The quantitative estimate of drug-likeness (QED) is 0.379. The summed E-state index contributed by atoms with van der Waals surface area (Å²) >= 11 is 0. The zero-order chi connectivity index (χ0) is 23.0. The number of ether oxygens (including phenoxy) is 1. The van der Waals surface area contributed by atoms with Gasteiger partial charge in [-0.2, -0.15) is 0 Å². The Labute approximate surface area is 200 Å². The molecule has 0 bridgehead atoms. The first-order valence-corrected chi connectivity index (χ1v) is 13.8. The van der Waals surface area contributed by atoms with Crippen LogP contribution in [0, 0.1) is 23.7 Å². The number of rotatable bonds is 8. The van der Waals surface area contributed by atoms with E-state index in [2.05, 4.69) is 21.3 Å². The molecule has 1 aliphatic heterocycles. The van der Waals surface area contributed by atoms with Crippen LogP contribution in [0.25, 0.3) is 0 Å². The number of hydrogen-bond acceptors (Lipinski definition) is 6. The first-order valence-electron chi connectivity index (χ1n) is 13.8. The molecule has 1 atom stereocenters. The maximum Gasteiger partial charge on any atom is 0.223 e. The lowest BCUT2D eigenvalue weighted by molar-refractivity contribution is -0.126. The van der Waals surface area contributed by atoms with E-state index in [1.54, 1.807) is 0 Å². The fourth-order valence-corrected chi connectivity index (χ4v) is 6.72. The molecule has 1 heterocycles. The molecule has 0 aromatic heterocycles. The van der Waals surface area contributed by atoms with Crippen LogP contribution in [0.15, 0.2) is 0 Å². The molecule has 3 aliphatic carbocycles. The molecule has 3 saturated carbocycles. The molecule has 1 unspecified atom stereocenters. The Morgan fingerprint density at radius 1 is 0.909 bits per heavy atom. The van der Waals surface area contributed by atoms with Gasteiger partial charge in [0.25, 0.3) is 0 Å². The maximum absolute atomic E-state index is 12.6. The second-order valence-electron chi connectivity index (χ2n) is 11.2. The highest BCUT2D eigenvalue weighted by Gasteiger charge is 2.32. The van der Waals surface area contributed by atoms with Crippen molar-refractivity contribution in [3.05, 3.63) is 0 Å². The molecule has 0 aromatic carbocycles. The van der Waals surface area contributed by atoms with Gasteiger partial charge in [-0.05, 0) is 82.0 Å². The van der Waals surface area contributed by atoms with Crippen molar-refractivity contribution in [2.75, 3.05) is 26.7 Å². The predicted molar refractivity (Wildman–Crippen MR) is 131 cm³/mol. The van der Waals surface area contributed by atoms with E-state index in [9.17, 15) is 9.90 Å². The molecule has 0 radical (unpaired) electrons. The van der Waals surface area contributed by atoms with Gasteiger partial charge in [-0.1, -0.05) is 19.3 Å². The Hall–Kier alpha value is -0.730. The minimum Gasteiger partial charge on any atom is -0.391 e. The number of aliphatic hydroxyl groups excluding tert-OH is 1. The van der Waals surface area contributed by atoms with Gasteiger partial charge < -0.3 is 15.2 Å². The van der Waals surface area contributed by atoms with Crippen LogP contribution in [0.5, 0.6) is 0 Å². The first-order chi connectivity index (χ1) is 16.1. The number of hydrogen-bond donors (Lipinski definition) is 5. The van der Waals surface area contributed by atoms with Crippen molar-refractivity contribution in [1.29, 1.82) is 0 Å². The highest BCUT2D eigenvalue weighted by atomic mass is 16.5. The highest BCUT2D eigenvalue weighted by molar-refractivity contribution is 5.78. The summed E-state index contributed by atoms with van der Waals surface area (Å²) in [5.41, 5.74) is 0. The van der Waals surface area contributed by atoms with Gasteiger partial charge in [0.2, 0.25) is 5.91 Å². The summed E-state index contributed by atoms with van der Waals surface area (Å²) < 4.78 is 5.52. The summed E-state index contributed by atoms with van der Waals surface area (Å²) in [6, 6.07) is 0.459. The zero-order valence-corrected chi connectivity index (χ0v) is 20.7. The Bertz CT molecular complexity index is 576. The van der Waals surface area contributed by atoms with Crippen LogP contribution >= 0.6 is 0 Å². The minimum atomic E-state index is -0.380. The Kier molecular flexibility index (Phi) is 9.86. The number of amides is 1. The summed E-state index contributed by atoms with van der Waals surface area (Å²) in [6.07, 6.45) is 15.1. The zero-order valence-electron chi connectivity index (χ0n) is 20.7. The van der Waals surface area contributed by atoms with Crippen LogP contribution in [0.3, 0.4) is 0 Å². The molecule has 4 aliphatic rings. The third-order valence-electron chi connectivity index (χ3n) is 9.07. The Morgan fingerprint density at radius 2 is 1.58 bits per heavy atom. The van der Waals surface area contributed by atoms with E-state index in [1.165, 1.54) is 44.9 Å². The largest absolute Gasteiger partial charge is 0.391 e. The minimum absolute atomic E-state index is 0.0977. The molecule has 5 N–H and O–H groups in total. The number of carbonyl (C=O) groups excluding carboxylic acids is 1. The van der Waals surface area contributed by atoms with Gasteiger partial charge >= 0.3 is 0 Å². The molecule has 33 heavy (non-hydrogen) atoms. The van der Waals surface area contributed by atoms with E-state index in [4.69, 9.17) is 4.74 Å². The van der Waals surface area contributed by atoms with Crippen LogP contribution in [0.1, 0.15) is 83.5 Å². The second-order valence-corrected chi connectivity index (χ2v) is 11.2. The average molecular weight is 465 g/mol. The van der Waals surface area contributed by atoms with E-state index >= 15 is 0 Å². The first kappa shape index (κ1) is 25.4. The lowest BCUT2D eigenvalue weighted by atomic mass is 9.78. The van der Waals surface area contributed by atoms with E-state index in [0.29, 0.717) is 30.5 Å². The molecule has 1 amide bonds. The molecule has 4 fully saturated rings. The van der Waals surface area contributed by atoms with Crippen molar-refractivity contribution >= 4 is 5.91 Å². The maximum atomic E-state index is 12.6. The lowest BCUT2D eigenvalue weighted by Gasteiger charge is -2.40. The molecule has 7 heteroatoms. The topological polar surface area (TPSA) is 94.7 Å². The number of methoxy groups -OCH3 is 1. The van der Waals surface area contributed by atoms with Crippen LogP contribution in [0.4, 0.5) is 0 Å². The van der Waals surface area contributed by atoms with Crippen molar-refractivity contribution < 1.29 is 14.6 Å². The Balaban J connectivity index is 1.09. The molecule has 0 aromatic rings. The van der Waals surface area contributed by atoms with Crippen molar-refractivity contribution in [3.8, 4) is 0 Å². The van der Waals surface area contributed by atoms with E-state index in [-0.39, 0.29) is 24.2 Å². The normalized spacial score (nSPS) is 37.4. The molecule has 4 rings (SSSR count). The SMILES string of the molecule is COC1CCC(C2CNC(NC3CCC(C(=O)NCC(O)C4CCCCC4)CC3)NC2)CC1. The number of nitrogens with one attached hydrogen (secondary N) is 4. The van der Waals surface area contributed by atoms with E-state index in [1.807, 2.05) is 7.11 Å². The van der Waals surface area contributed by atoms with Crippen molar-refractivity contribution in [2.24, 2.45) is 23.7 Å². The Morgan fingerprint density at radius 3 is 2.21 bits per heavy atom. The van der Waals surface area contributed by atoms with Gasteiger partial charge in [0.1, 0.15) is 6.29 Å². The van der Waals surface area contributed by atoms with E-state index < -0.39 is 0 Å². The van der Waals surface area contributed by atoms with Crippen LogP contribution in [-0.4, -0.2) is 62.3 Å². The van der Waals surface area contributed by atoms with Gasteiger partial charge in [0.15, 0.2) is 0 Å². The third-order valence-corrected chi connectivity index (χ3v) is 9.07. The van der Waals surface area contributed by atoms with Gasteiger partial charge in [-0.15, -0.1) is 0 Å². The molecular weight excluding hydrogens is 416 g/mol. The van der Waals surface area contributed by atoms with Gasteiger partial charge in [0.05, 0.1) is 12.2 Å². The van der Waals surface area contributed by atoms with Crippen molar-refractivity contribution in [3.63, 3.8) is 0 Å². The number of carbonyl (C=O) groups is 1. The summed E-state index contributed by atoms with van der Waals surface area (Å²) in [5.74, 6) is 2.13. The molecule has 7 nitrogen and oxygen atoms in total. The van der Waals surface area contributed by atoms with Gasteiger partial charge in [0, 0.05) is 38.7 Å². The molecule has 190 valence electrons. The fraction of sp³-hybridized carbons (Fsp3) is 0.962. The van der Waals surface area contributed by atoms with Crippen molar-refractivity contribution in [2.45, 2.75) is 108 Å². The van der Waals surface area contributed by atoms with E-state index in [0.717, 1.165) is 57.5 Å². The fourth-order valence-electron chi connectivity index (χ4n) is 6.72. The smallest absolute Gasteiger partial charge is 0.223 e. The average Bonchev–Trinajstić information content (AvgIpc) is 2.88. The molecular formula is C26H48N4O3. The predicted octanol–water partition coefficient (Wildman–Crippen LogP) is 2.49. The summed E-state index contributed by atoms with van der Waals surface area (Å²) in [4.78, 5) is 12.6. The number of aliphatic hydroxyl groups is 1. The third kappa shape index (κ3) is 7.38. The van der Waals surface area contributed by atoms with Gasteiger partial charge in [-0.3, -0.25) is 20.7 Å². The summed E-state index contributed by atoms with van der Waals surface area (Å²) in [5, 5.41) is 24.6.